The molecule has 1 aliphatic rings. The van der Waals surface area contributed by atoms with Crippen LogP contribution >= 0.6 is 27.3 Å². The minimum absolute atomic E-state index is 0.605. The maximum atomic E-state index is 3.54. The quantitative estimate of drug-likeness (QED) is 0.920. The Labute approximate surface area is 104 Å². The second-order valence-electron chi connectivity index (χ2n) is 4.17. The molecule has 1 aromatic heterocycles. The average Bonchev–Trinajstić information content (AvgIpc) is 2.74. The van der Waals surface area contributed by atoms with Gasteiger partial charge in [-0.2, -0.15) is 0 Å². The summed E-state index contributed by atoms with van der Waals surface area (Å²) in [6.45, 7) is 2.33. The lowest BCUT2D eigenvalue weighted by molar-refractivity contribution is 0.278. The summed E-state index contributed by atoms with van der Waals surface area (Å²) in [6.07, 6.45) is 1.30. The molecular weight excluding hydrogens is 272 g/mol. The van der Waals surface area contributed by atoms with E-state index in [9.17, 15) is 0 Å². The van der Waals surface area contributed by atoms with E-state index in [1.807, 2.05) is 18.4 Å². The topological polar surface area (TPSA) is 15.3 Å². The third-order valence-electron chi connectivity index (χ3n) is 3.13. The van der Waals surface area contributed by atoms with Gasteiger partial charge in [-0.3, -0.25) is 4.90 Å². The van der Waals surface area contributed by atoms with Crippen LogP contribution in [0, 0.1) is 5.92 Å². The Morgan fingerprint density at radius 1 is 1.60 bits per heavy atom. The molecule has 0 amide bonds. The van der Waals surface area contributed by atoms with Gasteiger partial charge in [-0.05, 0) is 67.6 Å². The van der Waals surface area contributed by atoms with Gasteiger partial charge in [0.2, 0.25) is 0 Å². The van der Waals surface area contributed by atoms with Crippen LogP contribution in [0.2, 0.25) is 0 Å². The molecular formula is C11H17BrN2S. The standard InChI is InChI=1S/C11H17BrN2S/c1-13-7-8-5-6-14(2)11(8)9-3-4-10(12)15-9/h3-4,8,11,13H,5-7H2,1-2H3. The van der Waals surface area contributed by atoms with E-state index in [1.165, 1.54) is 21.6 Å². The van der Waals surface area contributed by atoms with Crippen LogP contribution in [-0.4, -0.2) is 32.1 Å². The number of likely N-dealkylation sites (tertiary alicyclic amines) is 1. The smallest absolute Gasteiger partial charge is 0.0701 e. The SMILES string of the molecule is CNCC1CCN(C)C1c1ccc(Br)s1. The Hall–Kier alpha value is 0.1000. The molecule has 1 saturated heterocycles. The van der Waals surface area contributed by atoms with Gasteiger partial charge in [0.05, 0.1) is 3.79 Å². The highest BCUT2D eigenvalue weighted by Crippen LogP contribution is 2.39. The zero-order valence-corrected chi connectivity index (χ0v) is 11.6. The Bertz CT molecular complexity index is 324. The van der Waals surface area contributed by atoms with Gasteiger partial charge < -0.3 is 5.32 Å². The molecule has 1 aliphatic heterocycles. The monoisotopic (exact) mass is 288 g/mol. The summed E-state index contributed by atoms with van der Waals surface area (Å²) in [6, 6.07) is 5.01. The highest BCUT2D eigenvalue weighted by Gasteiger charge is 2.33. The maximum Gasteiger partial charge on any atom is 0.0701 e. The molecule has 0 aliphatic carbocycles. The zero-order chi connectivity index (χ0) is 10.8. The van der Waals surface area contributed by atoms with Crippen molar-refractivity contribution in [2.24, 2.45) is 5.92 Å². The predicted molar refractivity (Wildman–Crippen MR) is 69.4 cm³/mol. The van der Waals surface area contributed by atoms with Gasteiger partial charge >= 0.3 is 0 Å². The van der Waals surface area contributed by atoms with Crippen LogP contribution in [-0.2, 0) is 0 Å². The lowest BCUT2D eigenvalue weighted by Crippen LogP contribution is -2.26. The molecule has 2 heterocycles. The van der Waals surface area contributed by atoms with Crippen LogP contribution < -0.4 is 5.32 Å². The van der Waals surface area contributed by atoms with Crippen LogP contribution in [0.4, 0.5) is 0 Å². The number of thiophene rings is 1. The van der Waals surface area contributed by atoms with E-state index in [0.717, 1.165) is 12.5 Å². The van der Waals surface area contributed by atoms with E-state index in [1.54, 1.807) is 0 Å². The predicted octanol–water partition coefficient (Wildman–Crippen LogP) is 2.72. The van der Waals surface area contributed by atoms with Crippen molar-refractivity contribution < 1.29 is 0 Å². The van der Waals surface area contributed by atoms with E-state index >= 15 is 0 Å². The van der Waals surface area contributed by atoms with Crippen molar-refractivity contribution >= 4 is 27.3 Å². The number of nitrogens with zero attached hydrogens (tertiary/aromatic N) is 1. The van der Waals surface area contributed by atoms with E-state index in [2.05, 4.69) is 45.3 Å². The fourth-order valence-corrected chi connectivity index (χ4v) is 4.12. The molecule has 2 atom stereocenters. The van der Waals surface area contributed by atoms with Crippen LogP contribution in [0.5, 0.6) is 0 Å². The minimum atomic E-state index is 0.605. The molecule has 15 heavy (non-hydrogen) atoms. The van der Waals surface area contributed by atoms with Crippen LogP contribution in [0.15, 0.2) is 15.9 Å². The van der Waals surface area contributed by atoms with Crippen molar-refractivity contribution in [2.45, 2.75) is 12.5 Å². The van der Waals surface area contributed by atoms with Crippen molar-refractivity contribution in [2.75, 3.05) is 27.2 Å². The van der Waals surface area contributed by atoms with Gasteiger partial charge in [0, 0.05) is 10.9 Å². The second kappa shape index (κ2) is 4.95. The summed E-state index contributed by atoms with van der Waals surface area (Å²) in [5.41, 5.74) is 0. The van der Waals surface area contributed by atoms with Crippen molar-refractivity contribution in [3.05, 3.63) is 20.8 Å². The summed E-state index contributed by atoms with van der Waals surface area (Å²) >= 11 is 5.41. The van der Waals surface area contributed by atoms with Gasteiger partial charge in [0.25, 0.3) is 0 Å². The Kier molecular flexibility index (Phi) is 3.83. The molecule has 2 unspecified atom stereocenters. The number of halogens is 1. The minimum Gasteiger partial charge on any atom is -0.319 e. The van der Waals surface area contributed by atoms with E-state index in [-0.39, 0.29) is 0 Å². The van der Waals surface area contributed by atoms with Gasteiger partial charge in [0.15, 0.2) is 0 Å². The molecule has 84 valence electrons. The highest BCUT2D eigenvalue weighted by atomic mass is 79.9. The van der Waals surface area contributed by atoms with Crippen LogP contribution in [0.3, 0.4) is 0 Å². The lowest BCUT2D eigenvalue weighted by atomic mass is 9.99. The van der Waals surface area contributed by atoms with Crippen LogP contribution in [0.1, 0.15) is 17.3 Å². The largest absolute Gasteiger partial charge is 0.319 e. The first-order valence-corrected chi connectivity index (χ1v) is 6.93. The fraction of sp³-hybridized carbons (Fsp3) is 0.636. The Morgan fingerprint density at radius 2 is 2.40 bits per heavy atom. The van der Waals surface area contributed by atoms with Gasteiger partial charge in [-0.15, -0.1) is 11.3 Å². The second-order valence-corrected chi connectivity index (χ2v) is 6.67. The summed E-state index contributed by atoms with van der Waals surface area (Å²) in [5, 5.41) is 3.30. The van der Waals surface area contributed by atoms with Crippen LogP contribution in [0.25, 0.3) is 0 Å². The first-order valence-electron chi connectivity index (χ1n) is 5.32. The molecule has 1 aromatic rings. The Morgan fingerprint density at radius 3 is 3.00 bits per heavy atom. The van der Waals surface area contributed by atoms with Gasteiger partial charge in [0.1, 0.15) is 0 Å². The highest BCUT2D eigenvalue weighted by molar-refractivity contribution is 9.11. The molecule has 0 saturated carbocycles. The summed E-state index contributed by atoms with van der Waals surface area (Å²) < 4.78 is 1.24. The zero-order valence-electron chi connectivity index (χ0n) is 9.16. The molecule has 0 spiro atoms. The molecule has 1 fully saturated rings. The average molecular weight is 289 g/mol. The molecule has 0 bridgehead atoms. The van der Waals surface area contributed by atoms with Crippen molar-refractivity contribution in [1.29, 1.82) is 0 Å². The maximum absolute atomic E-state index is 3.54. The normalized spacial score (nSPS) is 27.4. The molecule has 0 radical (unpaired) electrons. The number of hydrogen-bond acceptors (Lipinski definition) is 3. The Balaban J connectivity index is 2.17. The molecule has 2 rings (SSSR count). The first-order chi connectivity index (χ1) is 7.22. The molecule has 1 N–H and O–H groups in total. The third-order valence-corrected chi connectivity index (χ3v) is 4.82. The van der Waals surface area contributed by atoms with E-state index < -0.39 is 0 Å². The molecule has 0 aromatic carbocycles. The number of nitrogens with one attached hydrogen (secondary N) is 1. The number of rotatable bonds is 3. The van der Waals surface area contributed by atoms with Gasteiger partial charge in [-0.1, -0.05) is 0 Å². The third kappa shape index (κ3) is 2.44. The summed E-state index contributed by atoms with van der Waals surface area (Å²) in [4.78, 5) is 3.96. The van der Waals surface area contributed by atoms with Crippen molar-refractivity contribution in [3.8, 4) is 0 Å². The fourth-order valence-electron chi connectivity index (χ4n) is 2.44. The first kappa shape index (κ1) is 11.6. The lowest BCUT2D eigenvalue weighted by Gasteiger charge is -2.23. The summed E-state index contributed by atoms with van der Waals surface area (Å²) in [5.74, 6) is 0.755. The van der Waals surface area contributed by atoms with E-state index in [4.69, 9.17) is 0 Å². The molecule has 2 nitrogen and oxygen atoms in total. The van der Waals surface area contributed by atoms with Gasteiger partial charge in [-0.25, -0.2) is 0 Å². The summed E-state index contributed by atoms with van der Waals surface area (Å²) in [7, 11) is 4.27. The molecule has 4 heteroatoms. The van der Waals surface area contributed by atoms with Crippen molar-refractivity contribution in [3.63, 3.8) is 0 Å². The van der Waals surface area contributed by atoms with E-state index in [0.29, 0.717) is 6.04 Å². The number of hydrogen-bond donors (Lipinski definition) is 1. The van der Waals surface area contributed by atoms with Crippen molar-refractivity contribution in [1.82, 2.24) is 10.2 Å².